The van der Waals surface area contributed by atoms with Gasteiger partial charge in [-0.3, -0.25) is 4.79 Å². The number of ether oxygens (including phenoxy) is 1. The Kier molecular flexibility index (Phi) is 2.30. The van der Waals surface area contributed by atoms with Crippen molar-refractivity contribution < 1.29 is 9.53 Å². The van der Waals surface area contributed by atoms with Gasteiger partial charge in [-0.05, 0) is 13.3 Å². The second kappa shape index (κ2) is 3.04. The van der Waals surface area contributed by atoms with Crippen LogP contribution in [0, 0.1) is 5.92 Å². The first kappa shape index (κ1) is 7.58. The fraction of sp³-hybridized carbons (Fsp3) is 0.875. The molecule has 0 amide bonds. The van der Waals surface area contributed by atoms with Gasteiger partial charge in [0.05, 0.1) is 6.42 Å². The van der Waals surface area contributed by atoms with Gasteiger partial charge >= 0.3 is 5.97 Å². The molecule has 1 rings (SSSR count). The molecule has 1 aliphatic rings. The first-order valence-electron chi connectivity index (χ1n) is 3.93. The molecule has 0 N–H and O–H groups in total. The van der Waals surface area contributed by atoms with Crippen LogP contribution in [0.3, 0.4) is 0 Å². The van der Waals surface area contributed by atoms with E-state index in [0.717, 1.165) is 12.8 Å². The third-order valence-corrected chi connectivity index (χ3v) is 2.07. The van der Waals surface area contributed by atoms with Gasteiger partial charge in [-0.15, -0.1) is 0 Å². The molecule has 0 aliphatic carbocycles. The Balaban J connectivity index is 2.38. The minimum atomic E-state index is -0.0223. The van der Waals surface area contributed by atoms with E-state index < -0.39 is 0 Å². The van der Waals surface area contributed by atoms with E-state index in [1.165, 1.54) is 0 Å². The molecule has 0 aromatic rings. The number of carbonyl (C=O) groups excluding carboxylic acids is 1. The standard InChI is InChI=1S/C8H14O2/c1-3-4-7-5-8(9)10-6(7)2/h6-7H,3-5H2,1-2H3/t6-,7?/m0/s1. The normalized spacial score (nSPS) is 32.4. The molecule has 1 fully saturated rings. The molecule has 1 heterocycles. The van der Waals surface area contributed by atoms with Gasteiger partial charge in [0.25, 0.3) is 0 Å². The first-order valence-corrected chi connectivity index (χ1v) is 3.93. The summed E-state index contributed by atoms with van der Waals surface area (Å²) in [7, 11) is 0. The van der Waals surface area contributed by atoms with Crippen molar-refractivity contribution in [2.75, 3.05) is 0 Å². The molecule has 0 saturated carbocycles. The van der Waals surface area contributed by atoms with Crippen LogP contribution < -0.4 is 0 Å². The van der Waals surface area contributed by atoms with Crippen LogP contribution in [0.5, 0.6) is 0 Å². The van der Waals surface area contributed by atoms with E-state index in [2.05, 4.69) is 6.92 Å². The Morgan fingerprint density at radius 2 is 2.40 bits per heavy atom. The number of carbonyl (C=O) groups is 1. The van der Waals surface area contributed by atoms with Gasteiger partial charge in [-0.25, -0.2) is 0 Å². The van der Waals surface area contributed by atoms with E-state index in [0.29, 0.717) is 12.3 Å². The summed E-state index contributed by atoms with van der Waals surface area (Å²) in [5.41, 5.74) is 0. The second-order valence-corrected chi connectivity index (χ2v) is 2.95. The number of rotatable bonds is 2. The molecule has 0 radical (unpaired) electrons. The smallest absolute Gasteiger partial charge is 0.306 e. The molecule has 2 atom stereocenters. The Hall–Kier alpha value is -0.530. The molecule has 58 valence electrons. The third-order valence-electron chi connectivity index (χ3n) is 2.07. The van der Waals surface area contributed by atoms with Crippen molar-refractivity contribution in [2.45, 2.75) is 39.2 Å². The van der Waals surface area contributed by atoms with Gasteiger partial charge in [0.2, 0.25) is 0 Å². The average Bonchev–Trinajstić information content (AvgIpc) is 2.13. The molecule has 10 heavy (non-hydrogen) atoms. The Morgan fingerprint density at radius 1 is 1.70 bits per heavy atom. The molecule has 0 aromatic carbocycles. The van der Waals surface area contributed by atoms with Gasteiger partial charge in [0, 0.05) is 5.92 Å². The predicted octanol–water partition coefficient (Wildman–Crippen LogP) is 1.74. The minimum absolute atomic E-state index is 0.0223. The van der Waals surface area contributed by atoms with Gasteiger partial charge in [-0.2, -0.15) is 0 Å². The highest BCUT2D eigenvalue weighted by molar-refractivity contribution is 5.71. The van der Waals surface area contributed by atoms with E-state index >= 15 is 0 Å². The van der Waals surface area contributed by atoms with Crippen molar-refractivity contribution in [2.24, 2.45) is 5.92 Å². The highest BCUT2D eigenvalue weighted by Crippen LogP contribution is 2.25. The van der Waals surface area contributed by atoms with Gasteiger partial charge in [0.15, 0.2) is 0 Å². The minimum Gasteiger partial charge on any atom is -0.462 e. The summed E-state index contributed by atoms with van der Waals surface area (Å²) < 4.78 is 4.99. The van der Waals surface area contributed by atoms with Crippen LogP contribution in [0.4, 0.5) is 0 Å². The zero-order valence-electron chi connectivity index (χ0n) is 6.59. The lowest BCUT2D eigenvalue weighted by Gasteiger charge is -2.09. The molecule has 0 spiro atoms. The Bertz CT molecular complexity index is 131. The van der Waals surface area contributed by atoms with E-state index in [1.54, 1.807) is 0 Å². The lowest BCUT2D eigenvalue weighted by molar-refractivity contribution is -0.140. The molecule has 1 saturated heterocycles. The van der Waals surface area contributed by atoms with Crippen molar-refractivity contribution in [3.8, 4) is 0 Å². The highest BCUT2D eigenvalue weighted by Gasteiger charge is 2.29. The summed E-state index contributed by atoms with van der Waals surface area (Å²) in [6, 6.07) is 0. The van der Waals surface area contributed by atoms with E-state index in [-0.39, 0.29) is 12.1 Å². The molecule has 2 heteroatoms. The topological polar surface area (TPSA) is 26.3 Å². The van der Waals surface area contributed by atoms with Gasteiger partial charge < -0.3 is 4.74 Å². The number of cyclic esters (lactones) is 1. The van der Waals surface area contributed by atoms with Crippen molar-refractivity contribution in [3.05, 3.63) is 0 Å². The van der Waals surface area contributed by atoms with Crippen LogP contribution in [0.2, 0.25) is 0 Å². The van der Waals surface area contributed by atoms with Crippen molar-refractivity contribution in [1.82, 2.24) is 0 Å². The summed E-state index contributed by atoms with van der Waals surface area (Å²) in [6.07, 6.45) is 3.06. The zero-order valence-corrected chi connectivity index (χ0v) is 6.59. The summed E-state index contributed by atoms with van der Waals surface area (Å²) in [4.78, 5) is 10.7. The molecule has 0 aromatic heterocycles. The van der Waals surface area contributed by atoms with E-state index in [4.69, 9.17) is 4.74 Å². The maximum atomic E-state index is 10.7. The quantitative estimate of drug-likeness (QED) is 0.549. The fourth-order valence-electron chi connectivity index (χ4n) is 1.44. The molecular weight excluding hydrogens is 128 g/mol. The fourth-order valence-corrected chi connectivity index (χ4v) is 1.44. The van der Waals surface area contributed by atoms with Crippen LogP contribution in [0.15, 0.2) is 0 Å². The highest BCUT2D eigenvalue weighted by atomic mass is 16.5. The second-order valence-electron chi connectivity index (χ2n) is 2.95. The van der Waals surface area contributed by atoms with Gasteiger partial charge in [0.1, 0.15) is 6.10 Å². The molecule has 0 bridgehead atoms. The maximum absolute atomic E-state index is 10.7. The molecule has 2 nitrogen and oxygen atoms in total. The summed E-state index contributed by atoms with van der Waals surface area (Å²) in [5, 5.41) is 0. The number of hydrogen-bond donors (Lipinski definition) is 0. The predicted molar refractivity (Wildman–Crippen MR) is 38.6 cm³/mol. The summed E-state index contributed by atoms with van der Waals surface area (Å²) >= 11 is 0. The van der Waals surface area contributed by atoms with Crippen LogP contribution >= 0.6 is 0 Å². The Labute approximate surface area is 61.6 Å². The summed E-state index contributed by atoms with van der Waals surface area (Å²) in [5.74, 6) is 0.462. The SMILES string of the molecule is CCCC1CC(=O)O[C@H]1C. The Morgan fingerprint density at radius 3 is 2.80 bits per heavy atom. The van der Waals surface area contributed by atoms with Gasteiger partial charge in [-0.1, -0.05) is 13.3 Å². The van der Waals surface area contributed by atoms with Crippen LogP contribution in [0.1, 0.15) is 33.1 Å². The maximum Gasteiger partial charge on any atom is 0.306 e. The van der Waals surface area contributed by atoms with Crippen LogP contribution in [-0.4, -0.2) is 12.1 Å². The largest absolute Gasteiger partial charge is 0.462 e. The van der Waals surface area contributed by atoms with E-state index in [9.17, 15) is 4.79 Å². The van der Waals surface area contributed by atoms with Crippen LogP contribution in [-0.2, 0) is 9.53 Å². The first-order chi connectivity index (χ1) is 4.74. The average molecular weight is 142 g/mol. The monoisotopic (exact) mass is 142 g/mol. The number of esters is 1. The molecule has 1 aliphatic heterocycles. The third kappa shape index (κ3) is 1.49. The van der Waals surface area contributed by atoms with Crippen molar-refractivity contribution in [3.63, 3.8) is 0 Å². The lowest BCUT2D eigenvalue weighted by Crippen LogP contribution is -2.10. The lowest BCUT2D eigenvalue weighted by atomic mass is 9.97. The zero-order chi connectivity index (χ0) is 7.56. The van der Waals surface area contributed by atoms with E-state index in [1.807, 2.05) is 6.92 Å². The molecular formula is C8H14O2. The molecule has 1 unspecified atom stereocenters. The van der Waals surface area contributed by atoms with Crippen molar-refractivity contribution >= 4 is 5.97 Å². The van der Waals surface area contributed by atoms with Crippen LogP contribution in [0.25, 0.3) is 0 Å². The summed E-state index contributed by atoms with van der Waals surface area (Å²) in [6.45, 7) is 4.11. The number of hydrogen-bond acceptors (Lipinski definition) is 2. The van der Waals surface area contributed by atoms with Crippen molar-refractivity contribution in [1.29, 1.82) is 0 Å².